The molecule has 2 aromatic heterocycles. The number of benzene rings is 1. The number of hydrogen-bond donors (Lipinski definition) is 0. The van der Waals surface area contributed by atoms with Crippen LogP contribution in [0.5, 0.6) is 11.5 Å². The lowest BCUT2D eigenvalue weighted by molar-refractivity contribution is -0.385. The molecule has 0 aliphatic carbocycles. The fourth-order valence-corrected chi connectivity index (χ4v) is 3.82. The fraction of sp³-hybridized carbons (Fsp3) is 0.235. The Bertz CT molecular complexity index is 1040. The Hall–Kier alpha value is -3.07. The van der Waals surface area contributed by atoms with Gasteiger partial charge in [-0.3, -0.25) is 10.1 Å². The lowest BCUT2D eigenvalue weighted by Gasteiger charge is -2.06. The van der Waals surface area contributed by atoms with Gasteiger partial charge in [-0.2, -0.15) is 0 Å². The maximum absolute atomic E-state index is 12.6. The summed E-state index contributed by atoms with van der Waals surface area (Å²) in [5.41, 5.74) is 1.13. The lowest BCUT2D eigenvalue weighted by atomic mass is 10.1. The molecule has 0 saturated heterocycles. The number of nitro benzene ring substituents is 1. The Morgan fingerprint density at radius 3 is 2.62 bits per heavy atom. The second-order valence-electron chi connectivity index (χ2n) is 5.57. The highest BCUT2D eigenvalue weighted by atomic mass is 32.1. The molecule has 0 N–H and O–H groups in total. The molecule has 0 unspecified atom stereocenters. The highest BCUT2D eigenvalue weighted by molar-refractivity contribution is 7.20. The number of aryl methyl sites for hydroxylation is 3. The number of methoxy groups -OCH3 is 1. The van der Waals surface area contributed by atoms with Gasteiger partial charge < -0.3 is 9.47 Å². The normalized spacial score (nSPS) is 10.8. The number of esters is 1. The molecule has 26 heavy (non-hydrogen) atoms. The van der Waals surface area contributed by atoms with Gasteiger partial charge in [0.05, 0.1) is 18.1 Å². The lowest BCUT2D eigenvalue weighted by Crippen LogP contribution is -2.09. The van der Waals surface area contributed by atoms with Gasteiger partial charge in [0.1, 0.15) is 21.3 Å². The van der Waals surface area contributed by atoms with Crippen molar-refractivity contribution in [2.75, 3.05) is 7.11 Å². The second kappa shape index (κ2) is 6.68. The van der Waals surface area contributed by atoms with Gasteiger partial charge in [-0.25, -0.2) is 14.8 Å². The van der Waals surface area contributed by atoms with E-state index < -0.39 is 10.9 Å². The van der Waals surface area contributed by atoms with Crippen molar-refractivity contribution in [2.24, 2.45) is 0 Å². The van der Waals surface area contributed by atoms with Crippen LogP contribution in [0.2, 0.25) is 0 Å². The largest absolute Gasteiger partial charge is 0.496 e. The number of aromatic nitrogens is 2. The molecule has 134 valence electrons. The van der Waals surface area contributed by atoms with Crippen LogP contribution in [0.15, 0.2) is 18.2 Å². The first kappa shape index (κ1) is 17.7. The number of fused-ring (bicyclic) bond motifs is 1. The summed E-state index contributed by atoms with van der Waals surface area (Å²) >= 11 is 1.18. The summed E-state index contributed by atoms with van der Waals surface area (Å²) in [6, 6.07) is 4.04. The number of carbonyl (C=O) groups excluding carboxylic acids is 1. The molecule has 0 atom stereocenters. The maximum Gasteiger partial charge on any atom is 0.354 e. The van der Waals surface area contributed by atoms with E-state index >= 15 is 0 Å². The molecule has 0 amide bonds. The summed E-state index contributed by atoms with van der Waals surface area (Å²) in [4.78, 5) is 32.9. The number of ether oxygens (including phenoxy) is 2. The van der Waals surface area contributed by atoms with Gasteiger partial charge in [-0.15, -0.1) is 11.3 Å². The van der Waals surface area contributed by atoms with Crippen LogP contribution in [-0.4, -0.2) is 28.0 Å². The van der Waals surface area contributed by atoms with E-state index in [1.807, 2.05) is 6.92 Å². The molecule has 0 bridgehead atoms. The Kier molecular flexibility index (Phi) is 4.56. The van der Waals surface area contributed by atoms with E-state index in [9.17, 15) is 14.9 Å². The molecule has 2 heterocycles. The highest BCUT2D eigenvalue weighted by Crippen LogP contribution is 2.35. The van der Waals surface area contributed by atoms with Crippen LogP contribution in [0, 0.1) is 30.9 Å². The van der Waals surface area contributed by atoms with Gasteiger partial charge in [-0.1, -0.05) is 0 Å². The standard InChI is InChI=1S/C17H15N3O5S/c1-8-14-9(2)18-10(3)19-16(14)26-15(8)17(21)25-13-6-5-11(24-4)7-12(13)20(22)23/h5-7H,1-4H3. The molecule has 9 heteroatoms. The first-order valence-electron chi connectivity index (χ1n) is 7.60. The molecular weight excluding hydrogens is 358 g/mol. The van der Waals surface area contributed by atoms with Crippen LogP contribution in [-0.2, 0) is 0 Å². The molecule has 0 radical (unpaired) electrons. The van der Waals surface area contributed by atoms with Crippen LogP contribution in [0.1, 0.15) is 26.8 Å². The molecule has 3 rings (SSSR count). The average Bonchev–Trinajstić information content (AvgIpc) is 2.91. The molecule has 0 aliphatic heterocycles. The van der Waals surface area contributed by atoms with E-state index in [-0.39, 0.29) is 11.4 Å². The molecule has 0 fully saturated rings. The Morgan fingerprint density at radius 2 is 1.96 bits per heavy atom. The zero-order chi connectivity index (χ0) is 19.0. The number of nitrogens with zero attached hydrogens (tertiary/aromatic N) is 3. The summed E-state index contributed by atoms with van der Waals surface area (Å²) < 4.78 is 10.3. The molecule has 1 aromatic carbocycles. The Balaban J connectivity index is 2.01. The van der Waals surface area contributed by atoms with Crippen molar-refractivity contribution in [3.05, 3.63) is 50.3 Å². The predicted molar refractivity (Wildman–Crippen MR) is 96.2 cm³/mol. The zero-order valence-electron chi connectivity index (χ0n) is 14.5. The van der Waals surface area contributed by atoms with Crippen molar-refractivity contribution >= 4 is 33.2 Å². The van der Waals surface area contributed by atoms with Gasteiger partial charge in [0.15, 0.2) is 0 Å². The second-order valence-corrected chi connectivity index (χ2v) is 6.57. The third-order valence-corrected chi connectivity index (χ3v) is 5.00. The number of thiophene rings is 1. The van der Waals surface area contributed by atoms with Crippen LogP contribution in [0.25, 0.3) is 10.2 Å². The number of carbonyl (C=O) groups is 1. The number of hydrogen-bond acceptors (Lipinski definition) is 8. The molecule has 0 saturated carbocycles. The third-order valence-electron chi connectivity index (χ3n) is 3.83. The number of nitro groups is 1. The van der Waals surface area contributed by atoms with Gasteiger partial charge >= 0.3 is 11.7 Å². The Labute approximate surface area is 152 Å². The van der Waals surface area contributed by atoms with Crippen molar-refractivity contribution in [1.29, 1.82) is 0 Å². The molecule has 0 spiro atoms. The van der Waals surface area contributed by atoms with E-state index in [0.717, 1.165) is 11.1 Å². The zero-order valence-corrected chi connectivity index (χ0v) is 15.3. The van der Waals surface area contributed by atoms with Crippen molar-refractivity contribution in [3.63, 3.8) is 0 Å². The monoisotopic (exact) mass is 373 g/mol. The fourth-order valence-electron chi connectivity index (χ4n) is 2.67. The first-order chi connectivity index (χ1) is 12.3. The van der Waals surface area contributed by atoms with Crippen molar-refractivity contribution in [1.82, 2.24) is 9.97 Å². The summed E-state index contributed by atoms with van der Waals surface area (Å²) in [5, 5.41) is 12.0. The molecule has 8 nitrogen and oxygen atoms in total. The summed E-state index contributed by atoms with van der Waals surface area (Å²) in [6.07, 6.45) is 0. The van der Waals surface area contributed by atoms with Crippen LogP contribution < -0.4 is 9.47 Å². The van der Waals surface area contributed by atoms with Crippen molar-refractivity contribution in [3.8, 4) is 11.5 Å². The van der Waals surface area contributed by atoms with Crippen molar-refractivity contribution < 1.29 is 19.2 Å². The minimum atomic E-state index is -0.671. The van der Waals surface area contributed by atoms with Crippen LogP contribution in [0.3, 0.4) is 0 Å². The van der Waals surface area contributed by atoms with Gasteiger partial charge in [-0.05, 0) is 38.5 Å². The van der Waals surface area contributed by atoms with E-state index in [1.54, 1.807) is 13.8 Å². The van der Waals surface area contributed by atoms with E-state index in [4.69, 9.17) is 9.47 Å². The Morgan fingerprint density at radius 1 is 1.23 bits per heavy atom. The third kappa shape index (κ3) is 3.08. The van der Waals surface area contributed by atoms with Gasteiger partial charge in [0.2, 0.25) is 5.75 Å². The molecular formula is C17H15N3O5S. The SMILES string of the molecule is COc1ccc(OC(=O)c2sc3nc(C)nc(C)c3c2C)c([N+](=O)[O-])c1. The molecule has 0 aliphatic rings. The predicted octanol–water partition coefficient (Wildman–Crippen LogP) is 3.75. The smallest absolute Gasteiger partial charge is 0.354 e. The topological polar surface area (TPSA) is 104 Å². The number of rotatable bonds is 4. The van der Waals surface area contributed by atoms with Crippen LogP contribution in [0.4, 0.5) is 5.69 Å². The summed E-state index contributed by atoms with van der Waals surface area (Å²) in [7, 11) is 1.40. The van der Waals surface area contributed by atoms with Gasteiger partial charge in [0, 0.05) is 11.1 Å². The summed E-state index contributed by atoms with van der Waals surface area (Å²) in [6.45, 7) is 5.41. The van der Waals surface area contributed by atoms with E-state index in [1.165, 1.54) is 36.6 Å². The van der Waals surface area contributed by atoms with E-state index in [2.05, 4.69) is 9.97 Å². The molecule has 3 aromatic rings. The quantitative estimate of drug-likeness (QED) is 0.297. The van der Waals surface area contributed by atoms with Crippen molar-refractivity contribution in [2.45, 2.75) is 20.8 Å². The van der Waals surface area contributed by atoms with E-state index in [0.29, 0.717) is 26.8 Å². The minimum Gasteiger partial charge on any atom is -0.496 e. The maximum atomic E-state index is 12.6. The minimum absolute atomic E-state index is 0.142. The van der Waals surface area contributed by atoms with Crippen LogP contribution >= 0.6 is 11.3 Å². The summed E-state index contributed by atoms with van der Waals surface area (Å²) in [5.74, 6) is 0.102. The first-order valence-corrected chi connectivity index (χ1v) is 8.42. The average molecular weight is 373 g/mol. The highest BCUT2D eigenvalue weighted by Gasteiger charge is 2.24. The van der Waals surface area contributed by atoms with Gasteiger partial charge in [0.25, 0.3) is 0 Å².